The predicted octanol–water partition coefficient (Wildman–Crippen LogP) is 3.00. The van der Waals surface area contributed by atoms with Gasteiger partial charge in [-0.25, -0.2) is 4.98 Å². The van der Waals surface area contributed by atoms with Gasteiger partial charge >= 0.3 is 0 Å². The van der Waals surface area contributed by atoms with Gasteiger partial charge in [0.2, 0.25) is 17.8 Å². The van der Waals surface area contributed by atoms with Crippen molar-refractivity contribution in [3.8, 4) is 5.75 Å². The molecule has 0 bridgehead atoms. The van der Waals surface area contributed by atoms with Gasteiger partial charge in [-0.1, -0.05) is 12.2 Å². The number of carbonyl (C=O) groups excluding carboxylic acids is 3. The van der Waals surface area contributed by atoms with E-state index in [1.54, 1.807) is 52.6 Å². The molecule has 3 amide bonds. The zero-order valence-electron chi connectivity index (χ0n) is 25.9. The van der Waals surface area contributed by atoms with Gasteiger partial charge in [-0.15, -0.1) is 0 Å². The number of imidazole rings is 1. The number of aromatic nitrogens is 4. The molecule has 5 rings (SSSR count). The lowest BCUT2D eigenvalue weighted by atomic mass is 10.1. The Bertz CT molecular complexity index is 1870. The maximum absolute atomic E-state index is 13.2. The SMILES string of the molecule is CCn1nc(C)cc1C(=O)Nc1nc2cc(C(N)=O)ccc2n1CC=CCNc1c(OCCC2COC2)cc(C(N)=O)cc1[N+](=O)[O-]. The molecule has 0 spiro atoms. The number of benzene rings is 2. The molecule has 0 saturated carbocycles. The number of anilines is 2. The molecule has 4 aromatic rings. The molecule has 47 heavy (non-hydrogen) atoms. The third kappa shape index (κ3) is 7.38. The molecule has 3 heterocycles. The van der Waals surface area contributed by atoms with Crippen molar-refractivity contribution in [2.45, 2.75) is 33.4 Å². The van der Waals surface area contributed by atoms with Crippen molar-refractivity contribution in [3.63, 3.8) is 0 Å². The highest BCUT2D eigenvalue weighted by molar-refractivity contribution is 6.03. The summed E-state index contributed by atoms with van der Waals surface area (Å²) in [5.41, 5.74) is 13.0. The van der Waals surface area contributed by atoms with Gasteiger partial charge in [-0.05, 0) is 50.6 Å². The van der Waals surface area contributed by atoms with Crippen LogP contribution in [0.2, 0.25) is 0 Å². The number of amides is 3. The predicted molar refractivity (Wildman–Crippen MR) is 173 cm³/mol. The molecule has 6 N–H and O–H groups in total. The van der Waals surface area contributed by atoms with Crippen molar-refractivity contribution >= 4 is 46.1 Å². The minimum atomic E-state index is -0.815. The number of hydrogen-bond donors (Lipinski definition) is 4. The number of nitrogens with two attached hydrogens (primary N) is 2. The molecule has 16 nitrogen and oxygen atoms in total. The number of fused-ring (bicyclic) bond motifs is 1. The number of nitrogens with zero attached hydrogens (tertiary/aromatic N) is 5. The van der Waals surface area contributed by atoms with E-state index in [1.165, 1.54) is 6.07 Å². The lowest BCUT2D eigenvalue weighted by Crippen LogP contribution is -2.28. The van der Waals surface area contributed by atoms with Crippen LogP contribution in [0.3, 0.4) is 0 Å². The van der Waals surface area contributed by atoms with Crippen LogP contribution in [0.1, 0.15) is 50.2 Å². The van der Waals surface area contributed by atoms with Crippen molar-refractivity contribution in [1.82, 2.24) is 19.3 Å². The van der Waals surface area contributed by atoms with E-state index >= 15 is 0 Å². The fourth-order valence-electron chi connectivity index (χ4n) is 5.09. The molecule has 0 aliphatic carbocycles. The molecule has 0 radical (unpaired) electrons. The molecule has 1 fully saturated rings. The summed E-state index contributed by atoms with van der Waals surface area (Å²) < 4.78 is 14.4. The smallest absolute Gasteiger partial charge is 0.296 e. The zero-order chi connectivity index (χ0) is 33.7. The van der Waals surface area contributed by atoms with Gasteiger partial charge in [-0.3, -0.25) is 34.5 Å². The fourth-order valence-corrected chi connectivity index (χ4v) is 5.09. The van der Waals surface area contributed by atoms with E-state index in [-0.39, 0.29) is 53.9 Å². The van der Waals surface area contributed by atoms with Gasteiger partial charge in [0.1, 0.15) is 11.4 Å². The van der Waals surface area contributed by atoms with Crippen molar-refractivity contribution in [2.75, 3.05) is 37.0 Å². The van der Waals surface area contributed by atoms with Gasteiger partial charge in [-0.2, -0.15) is 5.10 Å². The number of hydrogen-bond acceptors (Lipinski definition) is 10. The second-order valence-electron chi connectivity index (χ2n) is 10.9. The Morgan fingerprint density at radius 3 is 2.55 bits per heavy atom. The quantitative estimate of drug-likeness (QED) is 0.0840. The van der Waals surface area contributed by atoms with Gasteiger partial charge in [0.15, 0.2) is 5.69 Å². The Labute approximate surface area is 268 Å². The van der Waals surface area contributed by atoms with Crippen LogP contribution in [0.5, 0.6) is 5.75 Å². The van der Waals surface area contributed by atoms with Crippen molar-refractivity contribution in [3.05, 3.63) is 81.2 Å². The van der Waals surface area contributed by atoms with Crippen molar-refractivity contribution < 1.29 is 28.8 Å². The molecule has 2 aromatic carbocycles. The Balaban J connectivity index is 1.37. The highest BCUT2D eigenvalue weighted by atomic mass is 16.6. The van der Waals surface area contributed by atoms with E-state index < -0.39 is 22.6 Å². The molecule has 246 valence electrons. The van der Waals surface area contributed by atoms with E-state index in [0.29, 0.717) is 54.5 Å². The summed E-state index contributed by atoms with van der Waals surface area (Å²) in [6.45, 7) is 6.10. The van der Waals surface area contributed by atoms with Gasteiger partial charge in [0, 0.05) is 42.7 Å². The minimum absolute atomic E-state index is 0.0435. The summed E-state index contributed by atoms with van der Waals surface area (Å²) in [5.74, 6) is -1.12. The number of primary amides is 2. The molecule has 0 unspecified atom stereocenters. The van der Waals surface area contributed by atoms with Crippen molar-refractivity contribution in [1.29, 1.82) is 0 Å². The van der Waals surface area contributed by atoms with Crippen LogP contribution in [0, 0.1) is 23.0 Å². The molecule has 1 saturated heterocycles. The summed E-state index contributed by atoms with van der Waals surface area (Å²) >= 11 is 0. The summed E-state index contributed by atoms with van der Waals surface area (Å²) in [6, 6.07) is 8.98. The van der Waals surface area contributed by atoms with Crippen LogP contribution in [0.25, 0.3) is 11.0 Å². The van der Waals surface area contributed by atoms with Gasteiger partial charge in [0.25, 0.3) is 11.6 Å². The maximum Gasteiger partial charge on any atom is 0.296 e. The van der Waals surface area contributed by atoms with Crippen LogP contribution in [0.4, 0.5) is 17.3 Å². The first-order chi connectivity index (χ1) is 22.5. The Kier molecular flexibility index (Phi) is 9.80. The van der Waals surface area contributed by atoms with Crippen LogP contribution < -0.4 is 26.8 Å². The summed E-state index contributed by atoms with van der Waals surface area (Å²) in [4.78, 5) is 52.8. The zero-order valence-corrected chi connectivity index (χ0v) is 25.9. The van der Waals surface area contributed by atoms with E-state index in [2.05, 4.69) is 20.7 Å². The Hall–Kier alpha value is -5.77. The number of allylic oxidation sites excluding steroid dienone is 1. The van der Waals surface area contributed by atoms with E-state index in [4.69, 9.17) is 20.9 Å². The largest absolute Gasteiger partial charge is 0.491 e. The first-order valence-electron chi connectivity index (χ1n) is 14.9. The molecular formula is C31H35N9O7. The summed E-state index contributed by atoms with van der Waals surface area (Å²) in [5, 5.41) is 22.1. The number of nitro groups is 1. The number of rotatable bonds is 15. The fraction of sp³-hybridized carbons (Fsp3) is 0.323. The lowest BCUT2D eigenvalue weighted by molar-refractivity contribution is -0.384. The standard InChI is InChI=1S/C31H35N9O7/c1-3-39-25(12-18(2)37-39)30(43)36-31-35-22-13-20(28(32)41)6-7-23(22)38(31)10-5-4-9-34-27-24(40(44)45)14-21(29(33)42)15-26(27)47-11-8-19-16-46-17-19/h4-7,12-15,19,34H,3,8-11,16-17H2,1-2H3,(H2,32,41)(H2,33,42)(H,35,36,43). The number of carbonyl (C=O) groups is 3. The van der Waals surface area contributed by atoms with Crippen LogP contribution in [-0.2, 0) is 17.8 Å². The second kappa shape index (κ2) is 14.1. The molecule has 2 aromatic heterocycles. The number of ether oxygens (including phenoxy) is 2. The topological polar surface area (TPSA) is 225 Å². The second-order valence-corrected chi connectivity index (χ2v) is 10.9. The van der Waals surface area contributed by atoms with Gasteiger partial charge in [0.05, 0.1) is 41.5 Å². The molecule has 0 atom stereocenters. The average molecular weight is 646 g/mol. The van der Waals surface area contributed by atoms with E-state index in [0.717, 1.165) is 6.07 Å². The first-order valence-corrected chi connectivity index (χ1v) is 14.9. The van der Waals surface area contributed by atoms with E-state index in [9.17, 15) is 24.5 Å². The highest BCUT2D eigenvalue weighted by Gasteiger charge is 2.24. The number of nitrogens with one attached hydrogen (secondary N) is 2. The molecule has 1 aliphatic heterocycles. The lowest BCUT2D eigenvalue weighted by Gasteiger charge is -2.25. The van der Waals surface area contributed by atoms with E-state index in [1.807, 2.05) is 6.92 Å². The maximum atomic E-state index is 13.2. The monoisotopic (exact) mass is 645 g/mol. The normalized spacial score (nSPS) is 13.1. The van der Waals surface area contributed by atoms with Gasteiger partial charge < -0.3 is 30.8 Å². The summed E-state index contributed by atoms with van der Waals surface area (Å²) in [7, 11) is 0. The van der Waals surface area contributed by atoms with Crippen LogP contribution in [-0.4, -0.2) is 68.3 Å². The molecular weight excluding hydrogens is 610 g/mol. The number of aryl methyl sites for hydroxylation is 2. The third-order valence-electron chi connectivity index (χ3n) is 7.60. The minimum Gasteiger partial charge on any atom is -0.491 e. The van der Waals surface area contributed by atoms with Crippen LogP contribution in [0.15, 0.2) is 48.6 Å². The number of nitro benzene ring substituents is 1. The third-order valence-corrected chi connectivity index (χ3v) is 7.60. The first kappa shape index (κ1) is 32.6. The Morgan fingerprint density at radius 1 is 1.13 bits per heavy atom. The van der Waals surface area contributed by atoms with Crippen LogP contribution >= 0.6 is 0 Å². The Morgan fingerprint density at radius 2 is 1.89 bits per heavy atom. The highest BCUT2D eigenvalue weighted by Crippen LogP contribution is 2.36. The average Bonchev–Trinajstić information content (AvgIpc) is 3.56. The van der Waals surface area contributed by atoms with Crippen molar-refractivity contribution in [2.24, 2.45) is 17.4 Å². The molecule has 16 heteroatoms. The molecule has 1 aliphatic rings. The summed E-state index contributed by atoms with van der Waals surface area (Å²) in [6.07, 6.45) is 4.21.